The van der Waals surface area contributed by atoms with Gasteiger partial charge in [0.25, 0.3) is 5.91 Å². The van der Waals surface area contributed by atoms with Crippen molar-refractivity contribution in [2.45, 2.75) is 32.9 Å². The number of carbonyl (C=O) groups is 2. The molecule has 172 valence electrons. The number of benzene rings is 3. The highest BCUT2D eigenvalue weighted by Gasteiger charge is 2.22. The number of carbonyl (C=O) groups excluding carboxylic acids is 2. The molecular formula is C27H30ClN3O2. The first-order valence-electron chi connectivity index (χ1n) is 11.0. The Labute approximate surface area is 201 Å². The van der Waals surface area contributed by atoms with Crippen LogP contribution in [0.25, 0.3) is 0 Å². The van der Waals surface area contributed by atoms with Gasteiger partial charge in [-0.05, 0) is 48.4 Å². The van der Waals surface area contributed by atoms with Crippen molar-refractivity contribution in [2.75, 3.05) is 24.3 Å². The fraction of sp³-hybridized carbons (Fsp3) is 0.259. The average molecular weight is 464 g/mol. The number of rotatable bonds is 8. The largest absolute Gasteiger partial charge is 0.377 e. The van der Waals surface area contributed by atoms with E-state index in [1.807, 2.05) is 86.3 Å². The monoisotopic (exact) mass is 463 g/mol. The summed E-state index contributed by atoms with van der Waals surface area (Å²) in [5.74, 6) is -0.204. The molecule has 3 aromatic rings. The molecule has 6 heteroatoms. The van der Waals surface area contributed by atoms with E-state index in [0.29, 0.717) is 29.2 Å². The van der Waals surface area contributed by atoms with E-state index >= 15 is 0 Å². The van der Waals surface area contributed by atoms with Gasteiger partial charge in [0, 0.05) is 38.4 Å². The second-order valence-corrected chi connectivity index (χ2v) is 8.54. The third-order valence-electron chi connectivity index (χ3n) is 5.65. The van der Waals surface area contributed by atoms with E-state index in [0.717, 1.165) is 16.8 Å². The number of nitrogens with zero attached hydrogens (tertiary/aromatic N) is 2. The van der Waals surface area contributed by atoms with Crippen molar-refractivity contribution in [3.63, 3.8) is 0 Å². The summed E-state index contributed by atoms with van der Waals surface area (Å²) >= 11 is 6.18. The first-order chi connectivity index (χ1) is 15.8. The van der Waals surface area contributed by atoms with E-state index in [4.69, 9.17) is 11.6 Å². The molecule has 3 aromatic carbocycles. The highest BCUT2D eigenvalue weighted by atomic mass is 35.5. The summed E-state index contributed by atoms with van der Waals surface area (Å²) in [4.78, 5) is 29.6. The lowest BCUT2D eigenvalue weighted by Gasteiger charge is -2.31. The van der Waals surface area contributed by atoms with Crippen LogP contribution in [0.5, 0.6) is 0 Å². The number of amides is 2. The van der Waals surface area contributed by atoms with Crippen molar-refractivity contribution in [3.05, 3.63) is 94.5 Å². The highest BCUT2D eigenvalue weighted by molar-refractivity contribution is 6.34. The molecule has 1 N–H and O–H groups in total. The molecule has 2 amide bonds. The van der Waals surface area contributed by atoms with Gasteiger partial charge in [0.15, 0.2) is 0 Å². The van der Waals surface area contributed by atoms with Crippen LogP contribution in [-0.4, -0.2) is 30.8 Å². The number of halogens is 1. The third kappa shape index (κ3) is 5.93. The molecule has 0 fully saturated rings. The summed E-state index contributed by atoms with van der Waals surface area (Å²) in [5, 5.41) is 3.34. The minimum absolute atomic E-state index is 0.0709. The number of nitrogens with one attached hydrogen (secondary N) is 1. The smallest absolute Gasteiger partial charge is 0.257 e. The van der Waals surface area contributed by atoms with E-state index in [9.17, 15) is 9.59 Å². The molecule has 1 atom stereocenters. The van der Waals surface area contributed by atoms with Crippen molar-refractivity contribution in [1.29, 1.82) is 0 Å². The molecule has 3 rings (SSSR count). The van der Waals surface area contributed by atoms with Gasteiger partial charge in [-0.15, -0.1) is 0 Å². The summed E-state index contributed by atoms with van der Waals surface area (Å²) in [6.07, 6.45) is 0.414. The minimum atomic E-state index is -0.275. The fourth-order valence-corrected chi connectivity index (χ4v) is 4.03. The van der Waals surface area contributed by atoms with Crippen LogP contribution >= 0.6 is 11.6 Å². The standard InChI is InChI=1S/C27H30ClN3O2/c1-5-26(32)31(19(2)20-11-7-6-8-12-20)18-21-17-22(15-16-25(21)30(3)4)29-27(33)23-13-9-10-14-24(23)28/h6-17,19H,5,18H2,1-4H3,(H,29,33)/t19-/m0/s1. The van der Waals surface area contributed by atoms with Gasteiger partial charge in [-0.2, -0.15) is 0 Å². The zero-order valence-electron chi connectivity index (χ0n) is 19.5. The second kappa shape index (κ2) is 11.0. The molecule has 0 aromatic heterocycles. The summed E-state index contributed by atoms with van der Waals surface area (Å²) in [5.41, 5.74) is 4.07. The van der Waals surface area contributed by atoms with Gasteiger partial charge in [0.2, 0.25) is 5.91 Å². The van der Waals surface area contributed by atoms with E-state index < -0.39 is 0 Å². The first-order valence-corrected chi connectivity index (χ1v) is 11.4. The highest BCUT2D eigenvalue weighted by Crippen LogP contribution is 2.29. The summed E-state index contributed by atoms with van der Waals surface area (Å²) in [6, 6.07) is 22.6. The van der Waals surface area contributed by atoms with Crippen molar-refractivity contribution in [2.24, 2.45) is 0 Å². The Hall–Kier alpha value is -3.31. The summed E-state index contributed by atoms with van der Waals surface area (Å²) < 4.78 is 0. The van der Waals surface area contributed by atoms with Crippen LogP contribution in [-0.2, 0) is 11.3 Å². The van der Waals surface area contributed by atoms with Gasteiger partial charge < -0.3 is 15.1 Å². The van der Waals surface area contributed by atoms with Crippen LogP contribution in [0.4, 0.5) is 11.4 Å². The minimum Gasteiger partial charge on any atom is -0.377 e. The molecule has 0 aliphatic heterocycles. The molecule has 0 aliphatic rings. The third-order valence-corrected chi connectivity index (χ3v) is 5.98. The van der Waals surface area contributed by atoms with Crippen molar-refractivity contribution in [1.82, 2.24) is 4.90 Å². The average Bonchev–Trinajstić information content (AvgIpc) is 2.82. The molecule has 0 heterocycles. The lowest BCUT2D eigenvalue weighted by molar-refractivity contribution is -0.133. The van der Waals surface area contributed by atoms with Crippen LogP contribution in [0.2, 0.25) is 5.02 Å². The Balaban J connectivity index is 1.93. The van der Waals surface area contributed by atoms with E-state index in [1.165, 1.54) is 0 Å². The molecule has 33 heavy (non-hydrogen) atoms. The lowest BCUT2D eigenvalue weighted by Crippen LogP contribution is -2.33. The van der Waals surface area contributed by atoms with Crippen molar-refractivity contribution >= 4 is 34.8 Å². The van der Waals surface area contributed by atoms with Gasteiger partial charge >= 0.3 is 0 Å². The number of anilines is 2. The molecule has 0 spiro atoms. The van der Waals surface area contributed by atoms with Crippen LogP contribution in [0, 0.1) is 0 Å². The van der Waals surface area contributed by atoms with Crippen LogP contribution in [0.15, 0.2) is 72.8 Å². The Morgan fingerprint density at radius 1 is 0.970 bits per heavy atom. The second-order valence-electron chi connectivity index (χ2n) is 8.13. The lowest BCUT2D eigenvalue weighted by atomic mass is 10.0. The Bertz CT molecular complexity index is 1120. The van der Waals surface area contributed by atoms with E-state index in [1.54, 1.807) is 24.3 Å². The summed E-state index contributed by atoms with van der Waals surface area (Å²) in [7, 11) is 3.93. The fourth-order valence-electron chi connectivity index (χ4n) is 3.81. The van der Waals surface area contributed by atoms with Gasteiger partial charge in [0.05, 0.1) is 16.6 Å². The van der Waals surface area contributed by atoms with Gasteiger partial charge in [-0.3, -0.25) is 9.59 Å². The first kappa shape index (κ1) is 24.3. The predicted octanol–water partition coefficient (Wildman–Crippen LogP) is 6.16. The predicted molar refractivity (Wildman–Crippen MR) is 136 cm³/mol. The molecular weight excluding hydrogens is 434 g/mol. The number of hydrogen-bond donors (Lipinski definition) is 1. The molecule has 0 saturated carbocycles. The Morgan fingerprint density at radius 3 is 2.27 bits per heavy atom. The van der Waals surface area contributed by atoms with Crippen molar-refractivity contribution < 1.29 is 9.59 Å². The van der Waals surface area contributed by atoms with E-state index in [2.05, 4.69) is 5.32 Å². The van der Waals surface area contributed by atoms with E-state index in [-0.39, 0.29) is 17.9 Å². The molecule has 0 saturated heterocycles. The normalized spacial score (nSPS) is 11.5. The molecule has 0 aliphatic carbocycles. The SMILES string of the molecule is CCC(=O)N(Cc1cc(NC(=O)c2ccccc2Cl)ccc1N(C)C)[C@@H](C)c1ccccc1. The maximum atomic E-state index is 12.9. The van der Waals surface area contributed by atoms with Crippen molar-refractivity contribution in [3.8, 4) is 0 Å². The molecule has 0 unspecified atom stereocenters. The van der Waals surface area contributed by atoms with Crippen LogP contribution in [0.1, 0.15) is 47.8 Å². The quantitative estimate of drug-likeness (QED) is 0.435. The molecule has 0 radical (unpaired) electrons. The zero-order valence-corrected chi connectivity index (χ0v) is 20.3. The van der Waals surface area contributed by atoms with Gasteiger partial charge in [0.1, 0.15) is 0 Å². The van der Waals surface area contributed by atoms with Gasteiger partial charge in [-0.1, -0.05) is 61.0 Å². The maximum absolute atomic E-state index is 12.9. The van der Waals surface area contributed by atoms with Crippen LogP contribution < -0.4 is 10.2 Å². The zero-order chi connectivity index (χ0) is 24.0. The molecule has 0 bridgehead atoms. The maximum Gasteiger partial charge on any atom is 0.257 e. The molecule has 5 nitrogen and oxygen atoms in total. The number of hydrogen-bond acceptors (Lipinski definition) is 3. The summed E-state index contributed by atoms with van der Waals surface area (Å²) in [6.45, 7) is 4.34. The Morgan fingerprint density at radius 2 is 1.64 bits per heavy atom. The van der Waals surface area contributed by atoms with Gasteiger partial charge in [-0.25, -0.2) is 0 Å². The Kier molecular flexibility index (Phi) is 8.12. The topological polar surface area (TPSA) is 52.7 Å². The van der Waals surface area contributed by atoms with Crippen LogP contribution in [0.3, 0.4) is 0 Å².